The van der Waals surface area contributed by atoms with Crippen LogP contribution < -0.4 is 0 Å². The van der Waals surface area contributed by atoms with Crippen LogP contribution in [0, 0.1) is 11.7 Å². The van der Waals surface area contributed by atoms with E-state index >= 15 is 0 Å². The number of rotatable bonds is 8. The van der Waals surface area contributed by atoms with Crippen LogP contribution in [0.4, 0.5) is 4.39 Å². The van der Waals surface area contributed by atoms with Crippen molar-refractivity contribution in [1.29, 1.82) is 0 Å². The van der Waals surface area contributed by atoms with Gasteiger partial charge in [0, 0.05) is 18.5 Å². The molecule has 1 saturated heterocycles. The van der Waals surface area contributed by atoms with E-state index in [-0.39, 0.29) is 11.7 Å². The van der Waals surface area contributed by atoms with Crippen molar-refractivity contribution in [3.8, 4) is 17.3 Å². The second-order valence-electron chi connectivity index (χ2n) is 9.44. The van der Waals surface area contributed by atoms with Crippen molar-refractivity contribution in [2.24, 2.45) is 5.92 Å². The number of carbonyl (C=O) groups is 1. The average molecular weight is 560 g/mol. The fourth-order valence-electron chi connectivity index (χ4n) is 4.80. The van der Waals surface area contributed by atoms with Gasteiger partial charge < -0.3 is 9.32 Å². The largest absolute Gasteiger partial charge is 0.461 e. The zero-order valence-electron chi connectivity index (χ0n) is 21.1. The van der Waals surface area contributed by atoms with Crippen LogP contribution in [0.25, 0.3) is 17.3 Å². The van der Waals surface area contributed by atoms with Gasteiger partial charge in [-0.1, -0.05) is 42.1 Å². The third kappa shape index (κ3) is 5.81. The van der Waals surface area contributed by atoms with E-state index in [2.05, 4.69) is 39.4 Å². The van der Waals surface area contributed by atoms with Gasteiger partial charge in [-0.3, -0.25) is 9.36 Å². The van der Waals surface area contributed by atoms with E-state index in [1.807, 2.05) is 27.0 Å². The Labute approximate surface area is 233 Å². The van der Waals surface area contributed by atoms with Crippen LogP contribution in [0.1, 0.15) is 33.9 Å². The third-order valence-corrected chi connectivity index (χ3v) is 8.80. The van der Waals surface area contributed by atoms with Crippen molar-refractivity contribution in [2.75, 3.05) is 13.1 Å². The van der Waals surface area contributed by atoms with E-state index in [1.165, 1.54) is 40.8 Å². The number of amides is 1. The average Bonchev–Trinajstić information content (AvgIpc) is 3.74. The SMILES string of the molecule is O=C(c1csc(CSc2nnc(-c3ccco3)n2-c2ccc(F)cc2)n1)N1CCC(Cc2ccccc2)CC1. The number of carbonyl (C=O) groups excluding carboxylic acids is 1. The van der Waals surface area contributed by atoms with Crippen molar-refractivity contribution in [2.45, 2.75) is 30.2 Å². The van der Waals surface area contributed by atoms with Crippen molar-refractivity contribution < 1.29 is 13.6 Å². The maximum atomic E-state index is 13.6. The van der Waals surface area contributed by atoms with E-state index in [1.54, 1.807) is 24.5 Å². The van der Waals surface area contributed by atoms with Crippen LogP contribution in [0.5, 0.6) is 0 Å². The Bertz CT molecular complexity index is 1530. The van der Waals surface area contributed by atoms with Crippen molar-refractivity contribution in [1.82, 2.24) is 24.6 Å². The number of likely N-dealkylation sites (tertiary alicyclic amines) is 1. The number of nitrogens with zero attached hydrogens (tertiary/aromatic N) is 5. The van der Waals surface area contributed by atoms with Crippen LogP contribution in [-0.2, 0) is 12.2 Å². The fraction of sp³-hybridized carbons (Fsp3) is 0.241. The summed E-state index contributed by atoms with van der Waals surface area (Å²) in [6.07, 6.45) is 4.64. The Morgan fingerprint density at radius 2 is 1.82 bits per heavy atom. The van der Waals surface area contributed by atoms with E-state index in [4.69, 9.17) is 4.42 Å². The molecule has 7 nitrogen and oxygen atoms in total. The Balaban J connectivity index is 1.10. The molecule has 4 heterocycles. The summed E-state index contributed by atoms with van der Waals surface area (Å²) >= 11 is 2.92. The summed E-state index contributed by atoms with van der Waals surface area (Å²) in [7, 11) is 0. The summed E-state index contributed by atoms with van der Waals surface area (Å²) in [5.74, 6) is 1.89. The number of aromatic nitrogens is 4. The van der Waals surface area contributed by atoms with Crippen LogP contribution in [0.2, 0.25) is 0 Å². The molecule has 0 aliphatic carbocycles. The summed E-state index contributed by atoms with van der Waals surface area (Å²) in [6.45, 7) is 1.52. The number of hydrogen-bond donors (Lipinski definition) is 0. The number of furan rings is 1. The molecule has 0 radical (unpaired) electrons. The molecule has 1 aliphatic heterocycles. The van der Waals surface area contributed by atoms with E-state index in [9.17, 15) is 9.18 Å². The molecule has 5 aromatic rings. The van der Waals surface area contributed by atoms with Gasteiger partial charge in [0.25, 0.3) is 5.91 Å². The molecule has 198 valence electrons. The molecule has 1 fully saturated rings. The predicted octanol–water partition coefficient (Wildman–Crippen LogP) is 6.51. The van der Waals surface area contributed by atoms with Crippen molar-refractivity contribution in [3.63, 3.8) is 0 Å². The molecule has 10 heteroatoms. The molecule has 3 aromatic heterocycles. The Kier molecular flexibility index (Phi) is 7.55. The summed E-state index contributed by atoms with van der Waals surface area (Å²) in [5.41, 5.74) is 2.57. The lowest BCUT2D eigenvalue weighted by molar-refractivity contribution is 0.0685. The number of thiazole rings is 1. The van der Waals surface area contributed by atoms with Gasteiger partial charge in [-0.2, -0.15) is 0 Å². The molecule has 39 heavy (non-hydrogen) atoms. The van der Waals surface area contributed by atoms with Crippen LogP contribution in [0.3, 0.4) is 0 Å². The quantitative estimate of drug-likeness (QED) is 0.202. The molecule has 6 rings (SSSR count). The highest BCUT2D eigenvalue weighted by molar-refractivity contribution is 7.98. The summed E-state index contributed by atoms with van der Waals surface area (Å²) < 4.78 is 21.0. The standard InChI is InChI=1S/C29H26FN5O2S2/c30-22-8-10-23(11-9-22)35-27(25-7-4-16-37-25)32-33-29(35)39-19-26-31-24(18-38-26)28(36)34-14-12-21(13-15-34)17-20-5-2-1-3-6-20/h1-11,16,18,21H,12-15,17,19H2. The van der Waals surface area contributed by atoms with Gasteiger partial charge in [0.2, 0.25) is 5.82 Å². The first kappa shape index (κ1) is 25.5. The molecule has 0 N–H and O–H groups in total. The minimum Gasteiger partial charge on any atom is -0.461 e. The Morgan fingerprint density at radius 3 is 2.56 bits per heavy atom. The predicted molar refractivity (Wildman–Crippen MR) is 149 cm³/mol. The van der Waals surface area contributed by atoms with E-state index in [0.717, 1.165) is 43.0 Å². The first-order chi connectivity index (χ1) is 19.1. The maximum Gasteiger partial charge on any atom is 0.273 e. The zero-order valence-corrected chi connectivity index (χ0v) is 22.7. The molecule has 0 atom stereocenters. The van der Waals surface area contributed by atoms with E-state index < -0.39 is 0 Å². The first-order valence-electron chi connectivity index (χ1n) is 12.8. The molecule has 0 saturated carbocycles. The second-order valence-corrected chi connectivity index (χ2v) is 11.3. The summed E-state index contributed by atoms with van der Waals surface area (Å²) in [4.78, 5) is 19.7. The number of hydrogen-bond acceptors (Lipinski definition) is 7. The molecule has 0 unspecified atom stereocenters. The Hall–Kier alpha value is -3.76. The highest BCUT2D eigenvalue weighted by Gasteiger charge is 2.25. The van der Waals surface area contributed by atoms with Gasteiger partial charge in [-0.15, -0.1) is 21.5 Å². The molecule has 2 aromatic carbocycles. The smallest absolute Gasteiger partial charge is 0.273 e. The van der Waals surface area contributed by atoms with Gasteiger partial charge in [0.15, 0.2) is 10.9 Å². The number of piperidine rings is 1. The highest BCUT2D eigenvalue weighted by atomic mass is 32.2. The van der Waals surface area contributed by atoms with Crippen LogP contribution in [0.15, 0.2) is 87.9 Å². The second kappa shape index (κ2) is 11.5. The van der Waals surface area contributed by atoms with Gasteiger partial charge in [0.1, 0.15) is 16.5 Å². The maximum absolute atomic E-state index is 13.6. The van der Waals surface area contributed by atoms with Gasteiger partial charge in [-0.25, -0.2) is 9.37 Å². The topological polar surface area (TPSA) is 77.0 Å². The van der Waals surface area contributed by atoms with Crippen molar-refractivity contribution in [3.05, 3.63) is 100 Å². The first-order valence-corrected chi connectivity index (χ1v) is 14.7. The van der Waals surface area contributed by atoms with Gasteiger partial charge >= 0.3 is 0 Å². The Morgan fingerprint density at radius 1 is 1.03 bits per heavy atom. The summed E-state index contributed by atoms with van der Waals surface area (Å²) in [5, 5.41) is 12.0. The minimum atomic E-state index is -0.319. The lowest BCUT2D eigenvalue weighted by Crippen LogP contribution is -2.39. The van der Waals surface area contributed by atoms with E-state index in [0.29, 0.717) is 34.1 Å². The molecule has 1 amide bonds. The lowest BCUT2D eigenvalue weighted by atomic mass is 9.90. The molecule has 0 spiro atoms. The lowest BCUT2D eigenvalue weighted by Gasteiger charge is -2.31. The normalized spacial score (nSPS) is 14.1. The fourth-order valence-corrected chi connectivity index (χ4v) is 6.54. The van der Waals surface area contributed by atoms with Gasteiger partial charge in [-0.05, 0) is 67.1 Å². The molecular formula is C29H26FN5O2S2. The number of benzene rings is 2. The van der Waals surface area contributed by atoms with Crippen molar-refractivity contribution >= 4 is 29.0 Å². The zero-order chi connectivity index (χ0) is 26.6. The molecule has 1 aliphatic rings. The van der Waals surface area contributed by atoms with Crippen LogP contribution >= 0.6 is 23.1 Å². The van der Waals surface area contributed by atoms with Crippen LogP contribution in [-0.4, -0.2) is 43.6 Å². The number of halogens is 1. The summed E-state index contributed by atoms with van der Waals surface area (Å²) in [6, 6.07) is 20.3. The van der Waals surface area contributed by atoms with Gasteiger partial charge in [0.05, 0.1) is 17.7 Å². The molecule has 0 bridgehead atoms. The minimum absolute atomic E-state index is 0.00440. The highest BCUT2D eigenvalue weighted by Crippen LogP contribution is 2.31. The monoisotopic (exact) mass is 559 g/mol. The molecular weight excluding hydrogens is 533 g/mol. The third-order valence-electron chi connectivity index (χ3n) is 6.82. The number of thioether (sulfide) groups is 1.